The molecule has 0 aromatic carbocycles. The molecule has 198 valence electrons. The largest absolute Gasteiger partial charge is 0.462 e. The van der Waals surface area contributed by atoms with E-state index in [-0.39, 0.29) is 28.5 Å². The van der Waals surface area contributed by atoms with Crippen molar-refractivity contribution in [1.29, 1.82) is 0 Å². The van der Waals surface area contributed by atoms with E-state index in [1.165, 1.54) is 57.8 Å². The summed E-state index contributed by atoms with van der Waals surface area (Å²) in [6.45, 7) is 21.2. The van der Waals surface area contributed by atoms with Gasteiger partial charge in [0.25, 0.3) is 0 Å². The van der Waals surface area contributed by atoms with E-state index in [4.69, 9.17) is 9.47 Å². The first-order valence-electron chi connectivity index (χ1n) is 14.7. The first-order valence-corrected chi connectivity index (χ1v) is 14.7. The molecular weight excluding hydrogens is 432 g/mol. The molecule has 0 spiro atoms. The maximum atomic E-state index is 11.8. The number of allylic oxidation sites excluding steroid dienone is 2. The summed E-state index contributed by atoms with van der Waals surface area (Å²) in [5, 5.41) is 0. The fraction of sp³-hybridized carbons (Fsp3) is 0.906. The quantitative estimate of drug-likeness (QED) is 0.224. The summed E-state index contributed by atoms with van der Waals surface area (Å²) in [6, 6.07) is 0. The first-order chi connectivity index (χ1) is 16.2. The monoisotopic (exact) mass is 484 g/mol. The predicted molar refractivity (Wildman–Crippen MR) is 142 cm³/mol. The van der Waals surface area contributed by atoms with Crippen LogP contribution in [0, 0.1) is 39.4 Å². The van der Waals surface area contributed by atoms with E-state index in [1.807, 2.05) is 11.1 Å². The molecule has 1 saturated heterocycles. The Labute approximate surface area is 215 Å². The molecule has 3 fully saturated rings. The van der Waals surface area contributed by atoms with Crippen molar-refractivity contribution in [2.75, 3.05) is 0 Å². The van der Waals surface area contributed by atoms with Crippen LogP contribution in [0.2, 0.25) is 0 Å². The fourth-order valence-electron chi connectivity index (χ4n) is 10.4. The SMILES string of the molecule is CC(=O)OC1CCC2(C)C3=C(CCC2C1(C)C)C1(C)CCC(C(C)CCC2OC2(C)C)C1(C)CC3. The van der Waals surface area contributed by atoms with Crippen LogP contribution >= 0.6 is 0 Å². The van der Waals surface area contributed by atoms with Gasteiger partial charge >= 0.3 is 5.97 Å². The van der Waals surface area contributed by atoms with Gasteiger partial charge in [-0.15, -0.1) is 0 Å². The lowest BCUT2D eigenvalue weighted by atomic mass is 9.43. The van der Waals surface area contributed by atoms with E-state index in [2.05, 4.69) is 55.4 Å². The number of fused-ring (bicyclic) bond motifs is 4. The van der Waals surface area contributed by atoms with E-state index in [0.29, 0.717) is 22.9 Å². The van der Waals surface area contributed by atoms with Crippen LogP contribution < -0.4 is 0 Å². The van der Waals surface area contributed by atoms with Gasteiger partial charge in [-0.05, 0) is 112 Å². The van der Waals surface area contributed by atoms with Gasteiger partial charge in [-0.1, -0.05) is 52.7 Å². The standard InChI is InChI=1S/C32H52O3/c1-20(10-13-27-29(5,6)35-27)22-14-18-32(9)24-11-12-25-28(3,4)26(34-21(2)33)16-17-30(25,7)23(24)15-19-31(22,32)8/h20,22,25-27H,10-19H2,1-9H3. The topological polar surface area (TPSA) is 38.8 Å². The molecule has 0 bridgehead atoms. The number of epoxide rings is 1. The summed E-state index contributed by atoms with van der Waals surface area (Å²) in [4.78, 5) is 11.8. The second-order valence-corrected chi connectivity index (χ2v) is 15.1. The van der Waals surface area contributed by atoms with Crippen LogP contribution in [-0.4, -0.2) is 23.8 Å². The van der Waals surface area contributed by atoms with Crippen LogP contribution in [0.15, 0.2) is 11.1 Å². The number of esters is 1. The van der Waals surface area contributed by atoms with Crippen molar-refractivity contribution in [1.82, 2.24) is 0 Å². The number of hydrogen-bond acceptors (Lipinski definition) is 3. The van der Waals surface area contributed by atoms with Crippen LogP contribution in [0.5, 0.6) is 0 Å². The summed E-state index contributed by atoms with van der Waals surface area (Å²) in [5.74, 6) is 2.07. The summed E-state index contributed by atoms with van der Waals surface area (Å²) in [5.41, 5.74) is 4.85. The van der Waals surface area contributed by atoms with Crippen molar-refractivity contribution in [3.8, 4) is 0 Å². The second-order valence-electron chi connectivity index (χ2n) is 15.1. The molecule has 3 heteroatoms. The molecule has 5 aliphatic rings. The minimum atomic E-state index is -0.119. The van der Waals surface area contributed by atoms with Crippen molar-refractivity contribution >= 4 is 5.97 Å². The molecule has 8 unspecified atom stereocenters. The maximum Gasteiger partial charge on any atom is 0.302 e. The third-order valence-electron chi connectivity index (χ3n) is 12.8. The lowest BCUT2D eigenvalue weighted by molar-refractivity contribution is -0.167. The maximum absolute atomic E-state index is 11.8. The zero-order valence-electron chi connectivity index (χ0n) is 24.2. The van der Waals surface area contributed by atoms with E-state index in [0.717, 1.165) is 18.3 Å². The van der Waals surface area contributed by atoms with Crippen molar-refractivity contribution in [3.05, 3.63) is 11.1 Å². The molecule has 35 heavy (non-hydrogen) atoms. The van der Waals surface area contributed by atoms with Crippen molar-refractivity contribution in [2.45, 2.75) is 144 Å². The molecule has 4 aliphatic carbocycles. The highest BCUT2D eigenvalue weighted by atomic mass is 16.6. The molecule has 0 amide bonds. The number of ether oxygens (including phenoxy) is 2. The summed E-state index contributed by atoms with van der Waals surface area (Å²) < 4.78 is 11.8. The number of hydrogen-bond donors (Lipinski definition) is 0. The lowest BCUT2D eigenvalue weighted by Crippen LogP contribution is -2.55. The fourth-order valence-corrected chi connectivity index (χ4v) is 10.4. The van der Waals surface area contributed by atoms with E-state index >= 15 is 0 Å². The summed E-state index contributed by atoms with van der Waals surface area (Å²) >= 11 is 0. The average Bonchev–Trinajstić information content (AvgIpc) is 3.26. The molecular formula is C32H52O3. The number of carbonyl (C=O) groups is 1. The highest BCUT2D eigenvalue weighted by Crippen LogP contribution is 2.72. The zero-order valence-corrected chi connectivity index (χ0v) is 24.2. The summed E-state index contributed by atoms with van der Waals surface area (Å²) in [7, 11) is 0. The Kier molecular flexibility index (Phi) is 5.96. The number of carbonyl (C=O) groups excluding carboxylic acids is 1. The van der Waals surface area contributed by atoms with Gasteiger partial charge in [0.2, 0.25) is 0 Å². The Hall–Kier alpha value is -0.830. The predicted octanol–water partition coefficient (Wildman–Crippen LogP) is 8.26. The third kappa shape index (κ3) is 3.71. The smallest absolute Gasteiger partial charge is 0.302 e. The van der Waals surface area contributed by atoms with Gasteiger partial charge in [0, 0.05) is 12.3 Å². The molecule has 1 aliphatic heterocycles. The Morgan fingerprint density at radius 1 is 0.971 bits per heavy atom. The number of rotatable bonds is 5. The molecule has 1 heterocycles. The molecule has 8 atom stereocenters. The van der Waals surface area contributed by atoms with Gasteiger partial charge in [-0.2, -0.15) is 0 Å². The van der Waals surface area contributed by atoms with Crippen LogP contribution in [0.3, 0.4) is 0 Å². The van der Waals surface area contributed by atoms with Gasteiger partial charge in [-0.25, -0.2) is 0 Å². The normalized spacial score (nSPS) is 46.3. The van der Waals surface area contributed by atoms with Gasteiger partial charge in [0.15, 0.2) is 0 Å². The first kappa shape index (κ1) is 25.8. The van der Waals surface area contributed by atoms with Crippen molar-refractivity contribution < 1.29 is 14.3 Å². The average molecular weight is 485 g/mol. The lowest BCUT2D eigenvalue weighted by Gasteiger charge is -2.62. The van der Waals surface area contributed by atoms with Crippen LogP contribution in [0.25, 0.3) is 0 Å². The highest BCUT2D eigenvalue weighted by molar-refractivity contribution is 5.66. The Morgan fingerprint density at radius 2 is 1.66 bits per heavy atom. The minimum absolute atomic E-state index is 0.0320. The van der Waals surface area contributed by atoms with Crippen molar-refractivity contribution in [2.24, 2.45) is 39.4 Å². The van der Waals surface area contributed by atoms with Gasteiger partial charge in [0.1, 0.15) is 6.10 Å². The summed E-state index contributed by atoms with van der Waals surface area (Å²) in [6.07, 6.45) is 13.1. The van der Waals surface area contributed by atoms with E-state index < -0.39 is 0 Å². The molecule has 0 radical (unpaired) electrons. The molecule has 0 aromatic heterocycles. The minimum Gasteiger partial charge on any atom is -0.462 e. The Morgan fingerprint density at radius 3 is 2.29 bits per heavy atom. The second kappa shape index (κ2) is 8.08. The molecule has 5 rings (SSSR count). The molecule has 0 N–H and O–H groups in total. The zero-order chi connectivity index (χ0) is 25.6. The van der Waals surface area contributed by atoms with Gasteiger partial charge in [-0.3, -0.25) is 4.79 Å². The van der Waals surface area contributed by atoms with Crippen LogP contribution in [-0.2, 0) is 14.3 Å². The third-order valence-corrected chi connectivity index (χ3v) is 12.8. The Balaban J connectivity index is 1.40. The van der Waals surface area contributed by atoms with E-state index in [1.54, 1.807) is 6.92 Å². The van der Waals surface area contributed by atoms with E-state index in [9.17, 15) is 4.79 Å². The van der Waals surface area contributed by atoms with Crippen molar-refractivity contribution in [3.63, 3.8) is 0 Å². The Bertz CT molecular complexity index is 914. The van der Waals surface area contributed by atoms with Crippen LogP contribution in [0.4, 0.5) is 0 Å². The molecule has 0 aromatic rings. The molecule has 2 saturated carbocycles. The highest BCUT2D eigenvalue weighted by Gasteiger charge is 2.63. The van der Waals surface area contributed by atoms with Crippen LogP contribution in [0.1, 0.15) is 127 Å². The molecule has 3 nitrogen and oxygen atoms in total. The van der Waals surface area contributed by atoms with Gasteiger partial charge in [0.05, 0.1) is 11.7 Å². The van der Waals surface area contributed by atoms with Gasteiger partial charge < -0.3 is 9.47 Å².